The van der Waals surface area contributed by atoms with Crippen molar-refractivity contribution < 1.29 is 18.3 Å². The van der Waals surface area contributed by atoms with Crippen LogP contribution in [-0.4, -0.2) is 36.6 Å². The molecule has 2 rings (SSSR count). The third-order valence-corrected chi connectivity index (χ3v) is 3.43. The van der Waals surface area contributed by atoms with Gasteiger partial charge in [0.25, 0.3) is 5.91 Å². The molecule has 1 saturated heterocycles. The fraction of sp³-hybridized carbons (Fsp3) is 0.500. The van der Waals surface area contributed by atoms with E-state index in [9.17, 15) is 13.6 Å². The lowest BCUT2D eigenvalue weighted by Gasteiger charge is -2.24. The maximum atomic E-state index is 13.7. The summed E-state index contributed by atoms with van der Waals surface area (Å²) in [6.45, 7) is 3.33. The molecule has 110 valence electrons. The lowest BCUT2D eigenvalue weighted by Crippen LogP contribution is -2.37. The van der Waals surface area contributed by atoms with Crippen LogP contribution in [0.3, 0.4) is 0 Å². The summed E-state index contributed by atoms with van der Waals surface area (Å²) in [5.41, 5.74) is 4.96. The zero-order valence-electron chi connectivity index (χ0n) is 11.4. The van der Waals surface area contributed by atoms with E-state index in [4.69, 9.17) is 10.5 Å². The molecule has 1 aromatic carbocycles. The first-order valence-electron chi connectivity index (χ1n) is 6.68. The topological polar surface area (TPSA) is 55.6 Å². The Morgan fingerprint density at radius 3 is 2.80 bits per heavy atom. The van der Waals surface area contributed by atoms with Gasteiger partial charge in [-0.15, -0.1) is 0 Å². The van der Waals surface area contributed by atoms with Crippen molar-refractivity contribution in [3.8, 4) is 0 Å². The zero-order chi connectivity index (χ0) is 14.7. The Balaban J connectivity index is 2.17. The van der Waals surface area contributed by atoms with Gasteiger partial charge in [-0.05, 0) is 25.8 Å². The summed E-state index contributed by atoms with van der Waals surface area (Å²) in [4.78, 5) is 13.8. The van der Waals surface area contributed by atoms with Gasteiger partial charge in [0.05, 0.1) is 17.4 Å². The van der Waals surface area contributed by atoms with Gasteiger partial charge in [-0.2, -0.15) is 0 Å². The van der Waals surface area contributed by atoms with E-state index in [1.54, 1.807) is 6.92 Å². The quantitative estimate of drug-likeness (QED) is 0.862. The number of carbonyl (C=O) groups excluding carboxylic acids is 1. The number of hydrogen-bond donors (Lipinski definition) is 1. The number of ether oxygens (including phenoxy) is 1. The Morgan fingerprint density at radius 2 is 2.20 bits per heavy atom. The van der Waals surface area contributed by atoms with Gasteiger partial charge in [-0.25, -0.2) is 8.78 Å². The first kappa shape index (κ1) is 14.7. The molecule has 0 spiro atoms. The minimum absolute atomic E-state index is 0.0141. The van der Waals surface area contributed by atoms with E-state index in [2.05, 4.69) is 0 Å². The highest BCUT2D eigenvalue weighted by atomic mass is 19.1. The molecule has 6 heteroatoms. The fourth-order valence-corrected chi connectivity index (χ4v) is 2.29. The largest absolute Gasteiger partial charge is 0.396 e. The Morgan fingerprint density at radius 1 is 1.45 bits per heavy atom. The van der Waals surface area contributed by atoms with E-state index < -0.39 is 17.5 Å². The maximum Gasteiger partial charge on any atom is 0.256 e. The molecule has 1 unspecified atom stereocenters. The molecule has 1 fully saturated rings. The number of hydrogen-bond acceptors (Lipinski definition) is 3. The lowest BCUT2D eigenvalue weighted by molar-refractivity contribution is 0.0535. The van der Waals surface area contributed by atoms with Gasteiger partial charge in [0.2, 0.25) is 0 Å². The van der Waals surface area contributed by atoms with E-state index in [-0.39, 0.29) is 17.4 Å². The predicted octanol–water partition coefficient (Wildman–Crippen LogP) is 2.19. The van der Waals surface area contributed by atoms with Crippen LogP contribution in [0, 0.1) is 11.6 Å². The average Bonchev–Trinajstić information content (AvgIpc) is 2.92. The molecule has 4 nitrogen and oxygen atoms in total. The molecular weight excluding hydrogens is 266 g/mol. The molecule has 1 amide bonds. The van der Waals surface area contributed by atoms with Crippen LogP contribution in [0.4, 0.5) is 14.5 Å². The van der Waals surface area contributed by atoms with E-state index in [0.29, 0.717) is 25.8 Å². The molecule has 1 heterocycles. The Bertz CT molecular complexity index is 502. The molecule has 0 radical (unpaired) electrons. The Hall–Kier alpha value is -1.69. The highest BCUT2D eigenvalue weighted by Crippen LogP contribution is 2.20. The zero-order valence-corrected chi connectivity index (χ0v) is 11.4. The first-order valence-corrected chi connectivity index (χ1v) is 6.68. The van der Waals surface area contributed by atoms with E-state index >= 15 is 0 Å². The standard InChI is InChI=1S/C14H18F2N2O2/c1-2-18(8-9-4-3-5-20-9)14(19)10-6-13(17)12(16)7-11(10)15/h6-7,9H,2-5,8,17H2,1H3. The second-order valence-corrected chi connectivity index (χ2v) is 4.83. The minimum Gasteiger partial charge on any atom is -0.396 e. The summed E-state index contributed by atoms with van der Waals surface area (Å²) in [5, 5.41) is 0. The Labute approximate surface area is 116 Å². The fourth-order valence-electron chi connectivity index (χ4n) is 2.29. The number of benzene rings is 1. The number of nitrogen functional groups attached to an aromatic ring is 1. The summed E-state index contributed by atoms with van der Waals surface area (Å²) < 4.78 is 32.3. The monoisotopic (exact) mass is 284 g/mol. The molecule has 2 N–H and O–H groups in total. The number of nitrogens with two attached hydrogens (primary N) is 1. The molecule has 20 heavy (non-hydrogen) atoms. The second kappa shape index (κ2) is 6.17. The van der Waals surface area contributed by atoms with Gasteiger partial charge >= 0.3 is 0 Å². The summed E-state index contributed by atoms with van der Waals surface area (Å²) in [5.74, 6) is -2.25. The summed E-state index contributed by atoms with van der Waals surface area (Å²) in [7, 11) is 0. The number of halogens is 2. The number of nitrogens with zero attached hydrogens (tertiary/aromatic N) is 1. The Kier molecular flexibility index (Phi) is 4.54. The first-order chi connectivity index (χ1) is 9.52. The van der Waals surface area contributed by atoms with Crippen molar-refractivity contribution >= 4 is 11.6 Å². The molecule has 0 aromatic heterocycles. The normalized spacial score (nSPS) is 18.2. The number of amides is 1. The highest BCUT2D eigenvalue weighted by Gasteiger charge is 2.24. The van der Waals surface area contributed by atoms with Crippen LogP contribution in [0.1, 0.15) is 30.1 Å². The number of likely N-dealkylation sites (N-methyl/N-ethyl adjacent to an activating group) is 1. The number of carbonyl (C=O) groups is 1. The molecular formula is C14H18F2N2O2. The maximum absolute atomic E-state index is 13.7. The van der Waals surface area contributed by atoms with Crippen molar-refractivity contribution in [3.63, 3.8) is 0 Å². The second-order valence-electron chi connectivity index (χ2n) is 4.83. The van der Waals surface area contributed by atoms with Crippen LogP contribution < -0.4 is 5.73 Å². The number of anilines is 1. The smallest absolute Gasteiger partial charge is 0.256 e. The van der Waals surface area contributed by atoms with Gasteiger partial charge in [-0.3, -0.25) is 4.79 Å². The van der Waals surface area contributed by atoms with Gasteiger partial charge in [0, 0.05) is 25.8 Å². The summed E-state index contributed by atoms with van der Waals surface area (Å²) in [6.07, 6.45) is 1.84. The van der Waals surface area contributed by atoms with Crippen molar-refractivity contribution in [2.24, 2.45) is 0 Å². The summed E-state index contributed by atoms with van der Waals surface area (Å²) in [6, 6.07) is 1.69. The van der Waals surface area contributed by atoms with Crippen molar-refractivity contribution in [2.75, 3.05) is 25.4 Å². The average molecular weight is 284 g/mol. The molecule has 1 aliphatic rings. The predicted molar refractivity (Wildman–Crippen MR) is 71.3 cm³/mol. The summed E-state index contributed by atoms with van der Waals surface area (Å²) >= 11 is 0. The van der Waals surface area contributed by atoms with Crippen LogP contribution >= 0.6 is 0 Å². The van der Waals surface area contributed by atoms with Crippen LogP contribution in [0.15, 0.2) is 12.1 Å². The molecule has 1 aromatic rings. The highest BCUT2D eigenvalue weighted by molar-refractivity contribution is 5.95. The van der Waals surface area contributed by atoms with Gasteiger partial charge in [0.15, 0.2) is 0 Å². The van der Waals surface area contributed by atoms with Gasteiger partial charge in [-0.1, -0.05) is 0 Å². The lowest BCUT2D eigenvalue weighted by atomic mass is 10.1. The van der Waals surface area contributed by atoms with Crippen LogP contribution in [0.2, 0.25) is 0 Å². The third kappa shape index (κ3) is 3.07. The van der Waals surface area contributed by atoms with Crippen molar-refractivity contribution in [1.82, 2.24) is 4.90 Å². The van der Waals surface area contributed by atoms with Gasteiger partial charge in [0.1, 0.15) is 11.6 Å². The minimum atomic E-state index is -0.896. The van der Waals surface area contributed by atoms with Crippen molar-refractivity contribution in [1.29, 1.82) is 0 Å². The third-order valence-electron chi connectivity index (χ3n) is 3.43. The SMILES string of the molecule is CCN(CC1CCCO1)C(=O)c1cc(N)c(F)cc1F. The van der Waals surface area contributed by atoms with E-state index in [0.717, 1.165) is 18.9 Å². The van der Waals surface area contributed by atoms with E-state index in [1.807, 2.05) is 0 Å². The molecule has 0 saturated carbocycles. The van der Waals surface area contributed by atoms with Gasteiger partial charge < -0.3 is 15.4 Å². The van der Waals surface area contributed by atoms with E-state index in [1.165, 1.54) is 4.90 Å². The van der Waals surface area contributed by atoms with Crippen molar-refractivity contribution in [2.45, 2.75) is 25.9 Å². The van der Waals surface area contributed by atoms with Crippen molar-refractivity contribution in [3.05, 3.63) is 29.3 Å². The molecule has 0 aliphatic carbocycles. The van der Waals surface area contributed by atoms with Crippen LogP contribution in [-0.2, 0) is 4.74 Å². The van der Waals surface area contributed by atoms with Crippen LogP contribution in [0.25, 0.3) is 0 Å². The molecule has 1 aliphatic heterocycles. The molecule has 1 atom stereocenters. The number of rotatable bonds is 4. The van der Waals surface area contributed by atoms with Crippen LogP contribution in [0.5, 0.6) is 0 Å². The molecule has 0 bridgehead atoms.